The van der Waals surface area contributed by atoms with E-state index in [1.54, 1.807) is 0 Å². The Balaban J connectivity index is 0.000000326. The van der Waals surface area contributed by atoms with E-state index in [1.807, 2.05) is 30.3 Å². The number of hydrogen-bond donors (Lipinski definition) is 1. The van der Waals surface area contributed by atoms with E-state index in [9.17, 15) is 4.79 Å². The van der Waals surface area contributed by atoms with Crippen molar-refractivity contribution in [1.82, 2.24) is 4.90 Å². The summed E-state index contributed by atoms with van der Waals surface area (Å²) in [5.41, 5.74) is 5.21. The van der Waals surface area contributed by atoms with Crippen molar-refractivity contribution < 1.29 is 4.79 Å². The molecular formula is C20H27N3OS. The number of carbonyl (C=O) groups is 1. The molecule has 3 rings (SSSR count). The lowest BCUT2D eigenvalue weighted by Crippen LogP contribution is -2.41. The van der Waals surface area contributed by atoms with Gasteiger partial charge in [0.2, 0.25) is 0 Å². The number of nitrogens with one attached hydrogen (secondary N) is 1. The molecule has 0 saturated carbocycles. The van der Waals surface area contributed by atoms with Crippen LogP contribution in [0.1, 0.15) is 54.6 Å². The smallest absolute Gasteiger partial charge is 0.254 e. The van der Waals surface area contributed by atoms with Crippen LogP contribution >= 0.6 is 11.8 Å². The zero-order valence-electron chi connectivity index (χ0n) is 15.4. The van der Waals surface area contributed by atoms with Crippen LogP contribution in [0.2, 0.25) is 0 Å². The average Bonchev–Trinajstić information content (AvgIpc) is 3.08. The van der Waals surface area contributed by atoms with Crippen LogP contribution in [0.25, 0.3) is 5.57 Å². The minimum absolute atomic E-state index is 0.202. The molecule has 2 aliphatic rings. The number of thiocyanates is 1. The van der Waals surface area contributed by atoms with Crippen molar-refractivity contribution in [3.8, 4) is 5.40 Å². The van der Waals surface area contributed by atoms with E-state index >= 15 is 0 Å². The second-order valence-corrected chi connectivity index (χ2v) is 7.40. The first-order chi connectivity index (χ1) is 12.0. The first-order valence-electron chi connectivity index (χ1n) is 8.85. The van der Waals surface area contributed by atoms with Crippen LogP contribution < -0.4 is 5.32 Å². The highest BCUT2D eigenvalue weighted by molar-refractivity contribution is 8.03. The molecule has 2 aliphatic heterocycles. The van der Waals surface area contributed by atoms with Crippen LogP contribution in [0.15, 0.2) is 18.7 Å². The lowest BCUT2D eigenvalue weighted by molar-refractivity contribution is 0.0714. The van der Waals surface area contributed by atoms with E-state index in [0.717, 1.165) is 60.4 Å². The highest BCUT2D eigenvalue weighted by atomic mass is 32.2. The van der Waals surface area contributed by atoms with Crippen molar-refractivity contribution in [3.05, 3.63) is 35.4 Å². The number of amides is 1. The SMILES string of the molecule is C=C(C)c1cc2c(cc1NC)C(=O)N1CCCC1C2.CCCSC#N. The second-order valence-electron chi connectivity index (χ2n) is 6.52. The third-order valence-electron chi connectivity index (χ3n) is 4.67. The number of nitriles is 1. The summed E-state index contributed by atoms with van der Waals surface area (Å²) in [7, 11) is 1.89. The lowest BCUT2D eigenvalue weighted by Gasteiger charge is -2.32. The molecule has 0 radical (unpaired) electrons. The van der Waals surface area contributed by atoms with Gasteiger partial charge in [-0.1, -0.05) is 13.5 Å². The molecule has 1 aromatic carbocycles. The molecular weight excluding hydrogens is 330 g/mol. The Morgan fingerprint density at radius 2 is 2.28 bits per heavy atom. The van der Waals surface area contributed by atoms with Crippen LogP contribution in [0.3, 0.4) is 0 Å². The van der Waals surface area contributed by atoms with Gasteiger partial charge < -0.3 is 10.2 Å². The van der Waals surface area contributed by atoms with Crippen molar-refractivity contribution in [2.24, 2.45) is 0 Å². The van der Waals surface area contributed by atoms with E-state index in [1.165, 1.54) is 17.3 Å². The number of allylic oxidation sites excluding steroid dienone is 1. The predicted molar refractivity (Wildman–Crippen MR) is 107 cm³/mol. The summed E-state index contributed by atoms with van der Waals surface area (Å²) < 4.78 is 0. The Bertz CT molecular complexity index is 693. The lowest BCUT2D eigenvalue weighted by atomic mass is 9.90. The molecule has 0 aliphatic carbocycles. The fourth-order valence-electron chi connectivity index (χ4n) is 3.44. The molecule has 0 aromatic heterocycles. The fraction of sp³-hybridized carbons (Fsp3) is 0.500. The predicted octanol–water partition coefficient (Wildman–Crippen LogP) is 4.53. The zero-order valence-corrected chi connectivity index (χ0v) is 16.2. The van der Waals surface area contributed by atoms with E-state index in [-0.39, 0.29) is 5.91 Å². The van der Waals surface area contributed by atoms with Gasteiger partial charge in [0.25, 0.3) is 5.91 Å². The van der Waals surface area contributed by atoms with Gasteiger partial charge in [0.15, 0.2) is 0 Å². The molecule has 1 aromatic rings. The topological polar surface area (TPSA) is 56.1 Å². The van der Waals surface area contributed by atoms with Gasteiger partial charge in [-0.3, -0.25) is 4.79 Å². The molecule has 1 saturated heterocycles. The van der Waals surface area contributed by atoms with Crippen molar-refractivity contribution in [2.75, 3.05) is 24.7 Å². The number of carbonyl (C=O) groups excluding carboxylic acids is 1. The van der Waals surface area contributed by atoms with Gasteiger partial charge in [0.1, 0.15) is 5.40 Å². The maximum absolute atomic E-state index is 12.5. The summed E-state index contributed by atoms with van der Waals surface area (Å²) in [4.78, 5) is 14.6. The normalized spacial score (nSPS) is 17.8. The number of fused-ring (bicyclic) bond motifs is 2. The number of hydrogen-bond acceptors (Lipinski definition) is 4. The number of nitrogens with zero attached hydrogens (tertiary/aromatic N) is 2. The summed E-state index contributed by atoms with van der Waals surface area (Å²) in [6.45, 7) is 9.02. The first kappa shape index (κ1) is 19.4. The van der Waals surface area contributed by atoms with Crippen LogP contribution in [-0.4, -0.2) is 36.2 Å². The largest absolute Gasteiger partial charge is 0.388 e. The fourth-order valence-corrected chi connectivity index (χ4v) is 3.74. The maximum atomic E-state index is 12.5. The molecule has 1 N–H and O–H groups in total. The van der Waals surface area contributed by atoms with Crippen LogP contribution in [0.5, 0.6) is 0 Å². The van der Waals surface area contributed by atoms with E-state index in [0.29, 0.717) is 6.04 Å². The van der Waals surface area contributed by atoms with E-state index in [2.05, 4.69) is 24.9 Å². The molecule has 134 valence electrons. The molecule has 1 atom stereocenters. The summed E-state index contributed by atoms with van der Waals surface area (Å²) >= 11 is 1.31. The third kappa shape index (κ3) is 4.38. The minimum atomic E-state index is 0.202. The Labute approximate surface area is 155 Å². The number of benzene rings is 1. The van der Waals surface area contributed by atoms with Crippen LogP contribution in [-0.2, 0) is 6.42 Å². The molecule has 5 heteroatoms. The van der Waals surface area contributed by atoms with Gasteiger partial charge in [-0.05, 0) is 67.6 Å². The summed E-state index contributed by atoms with van der Waals surface area (Å²) in [5, 5.41) is 13.1. The number of rotatable bonds is 4. The highest BCUT2D eigenvalue weighted by Crippen LogP contribution is 2.34. The quantitative estimate of drug-likeness (QED) is 0.635. The number of anilines is 1. The van der Waals surface area contributed by atoms with Gasteiger partial charge in [0.05, 0.1) is 0 Å². The molecule has 4 nitrogen and oxygen atoms in total. The van der Waals surface area contributed by atoms with Crippen molar-refractivity contribution in [3.63, 3.8) is 0 Å². The zero-order chi connectivity index (χ0) is 18.4. The van der Waals surface area contributed by atoms with Gasteiger partial charge in [-0.25, -0.2) is 0 Å². The average molecular weight is 358 g/mol. The summed E-state index contributed by atoms with van der Waals surface area (Å²) in [5.74, 6) is 1.17. The van der Waals surface area contributed by atoms with Crippen molar-refractivity contribution in [2.45, 2.75) is 45.6 Å². The summed E-state index contributed by atoms with van der Waals surface area (Å²) in [6.07, 6.45) is 4.36. The van der Waals surface area contributed by atoms with Gasteiger partial charge in [0, 0.05) is 42.2 Å². The third-order valence-corrected chi connectivity index (χ3v) is 5.41. The maximum Gasteiger partial charge on any atom is 0.254 e. The standard InChI is InChI=1S/C16H20N2O.C4H7NS/c1-10(2)13-8-11-7-12-5-4-6-18(12)16(19)14(11)9-15(13)17-3;1-2-3-6-4-5/h8-9,12,17H,1,4-7H2,2-3H3;2-3H2,1H3. The van der Waals surface area contributed by atoms with Crippen LogP contribution in [0.4, 0.5) is 5.69 Å². The Kier molecular flexibility index (Phi) is 6.95. The molecule has 0 spiro atoms. The minimum Gasteiger partial charge on any atom is -0.388 e. The second kappa shape index (κ2) is 8.96. The Morgan fingerprint density at radius 1 is 1.52 bits per heavy atom. The molecule has 1 fully saturated rings. The van der Waals surface area contributed by atoms with Gasteiger partial charge in [-0.15, -0.1) is 0 Å². The molecule has 1 amide bonds. The Hall–Kier alpha value is -1.93. The number of thioether (sulfide) groups is 1. The molecule has 2 heterocycles. The van der Waals surface area contributed by atoms with Gasteiger partial charge >= 0.3 is 0 Å². The van der Waals surface area contributed by atoms with E-state index < -0.39 is 0 Å². The molecule has 25 heavy (non-hydrogen) atoms. The molecule has 1 unspecified atom stereocenters. The van der Waals surface area contributed by atoms with E-state index in [4.69, 9.17) is 5.26 Å². The van der Waals surface area contributed by atoms with Crippen molar-refractivity contribution in [1.29, 1.82) is 5.26 Å². The Morgan fingerprint density at radius 3 is 2.84 bits per heavy atom. The van der Waals surface area contributed by atoms with Gasteiger partial charge in [-0.2, -0.15) is 5.26 Å². The van der Waals surface area contributed by atoms with Crippen molar-refractivity contribution >= 4 is 28.9 Å². The highest BCUT2D eigenvalue weighted by Gasteiger charge is 2.35. The van der Waals surface area contributed by atoms with Crippen LogP contribution in [0, 0.1) is 10.7 Å². The first-order valence-corrected chi connectivity index (χ1v) is 9.84. The molecule has 0 bridgehead atoms. The summed E-state index contributed by atoms with van der Waals surface area (Å²) in [6, 6.07) is 4.56. The monoisotopic (exact) mass is 357 g/mol.